The average molecular weight is 294 g/mol. The maximum atomic E-state index is 10.8. The van der Waals surface area contributed by atoms with Gasteiger partial charge in [0.1, 0.15) is 10.3 Å². The van der Waals surface area contributed by atoms with Gasteiger partial charge < -0.3 is 5.32 Å². The molecule has 0 atom stereocenters. The molecule has 1 heterocycles. The molecule has 0 aliphatic rings. The smallest absolute Gasteiger partial charge is 0.292 e. The molecule has 0 aliphatic carbocycles. The summed E-state index contributed by atoms with van der Waals surface area (Å²) >= 11 is 3.27. The molecule has 0 saturated heterocycles. The molecule has 1 aromatic heterocycles. The number of benzene rings is 1. The molecule has 17 heavy (non-hydrogen) atoms. The minimum absolute atomic E-state index is 0.0308. The fraction of sp³-hybridized carbons (Fsp3) is 0. The Balaban J connectivity index is 2.37. The van der Waals surface area contributed by atoms with Crippen molar-refractivity contribution in [3.63, 3.8) is 0 Å². The van der Waals surface area contributed by atoms with E-state index in [-0.39, 0.29) is 5.69 Å². The van der Waals surface area contributed by atoms with Crippen molar-refractivity contribution in [1.29, 1.82) is 0 Å². The van der Waals surface area contributed by atoms with Gasteiger partial charge in [0.2, 0.25) is 0 Å². The molecule has 0 saturated carbocycles. The normalized spacial score (nSPS) is 9.94. The van der Waals surface area contributed by atoms with Gasteiger partial charge >= 0.3 is 0 Å². The summed E-state index contributed by atoms with van der Waals surface area (Å²) in [5.74, 6) is 0. The van der Waals surface area contributed by atoms with Gasteiger partial charge in [-0.1, -0.05) is 12.1 Å². The van der Waals surface area contributed by atoms with Gasteiger partial charge in [-0.2, -0.15) is 0 Å². The van der Waals surface area contributed by atoms with Gasteiger partial charge in [0.25, 0.3) is 5.69 Å². The second kappa shape index (κ2) is 4.92. The second-order valence-electron chi connectivity index (χ2n) is 3.24. The Morgan fingerprint density at radius 2 is 1.88 bits per heavy atom. The van der Waals surface area contributed by atoms with Crippen LogP contribution in [0.4, 0.5) is 17.1 Å². The Hall–Kier alpha value is -1.95. The Bertz CT molecular complexity index is 560. The average Bonchev–Trinajstić information content (AvgIpc) is 2.32. The Kier molecular flexibility index (Phi) is 3.34. The van der Waals surface area contributed by atoms with Crippen molar-refractivity contribution in [1.82, 2.24) is 4.98 Å². The molecule has 6 heteroatoms. The van der Waals surface area contributed by atoms with Gasteiger partial charge in [0, 0.05) is 12.3 Å². The maximum absolute atomic E-state index is 10.8. The van der Waals surface area contributed by atoms with Crippen molar-refractivity contribution in [2.75, 3.05) is 5.32 Å². The molecular formula is C11H8BrN3O2. The van der Waals surface area contributed by atoms with Gasteiger partial charge in [0.05, 0.1) is 10.6 Å². The quantitative estimate of drug-likeness (QED) is 0.534. The molecule has 0 radical (unpaired) electrons. The van der Waals surface area contributed by atoms with E-state index < -0.39 is 4.92 Å². The Morgan fingerprint density at radius 1 is 1.18 bits per heavy atom. The molecule has 0 aliphatic heterocycles. The Morgan fingerprint density at radius 3 is 2.59 bits per heavy atom. The number of nitro groups is 1. The summed E-state index contributed by atoms with van der Waals surface area (Å²) in [5, 5.41) is 13.8. The minimum atomic E-state index is -0.424. The van der Waals surface area contributed by atoms with Crippen LogP contribution < -0.4 is 5.32 Å². The van der Waals surface area contributed by atoms with Crippen LogP contribution in [0.3, 0.4) is 0 Å². The predicted molar refractivity (Wildman–Crippen MR) is 68.3 cm³/mol. The number of pyridine rings is 1. The molecule has 5 nitrogen and oxygen atoms in total. The van der Waals surface area contributed by atoms with Crippen LogP contribution in [0, 0.1) is 10.1 Å². The zero-order valence-corrected chi connectivity index (χ0v) is 10.2. The number of nitro benzene ring substituents is 1. The fourth-order valence-corrected chi connectivity index (χ4v) is 1.71. The number of para-hydroxylation sites is 2. The summed E-state index contributed by atoms with van der Waals surface area (Å²) in [7, 11) is 0. The van der Waals surface area contributed by atoms with Crippen LogP contribution >= 0.6 is 15.9 Å². The van der Waals surface area contributed by atoms with Crippen molar-refractivity contribution in [3.05, 3.63) is 57.3 Å². The molecule has 2 rings (SSSR count). The molecule has 1 N–H and O–H groups in total. The van der Waals surface area contributed by atoms with Crippen LogP contribution in [0.1, 0.15) is 0 Å². The number of nitrogens with zero attached hydrogens (tertiary/aromatic N) is 2. The van der Waals surface area contributed by atoms with Crippen LogP contribution in [0.25, 0.3) is 0 Å². The van der Waals surface area contributed by atoms with Crippen molar-refractivity contribution in [3.8, 4) is 0 Å². The minimum Gasteiger partial charge on any atom is -0.348 e. The molecule has 0 amide bonds. The first kappa shape index (κ1) is 11.5. The molecule has 0 bridgehead atoms. The lowest BCUT2D eigenvalue weighted by Crippen LogP contribution is -1.97. The van der Waals surface area contributed by atoms with E-state index in [0.29, 0.717) is 16.0 Å². The second-order valence-corrected chi connectivity index (χ2v) is 3.99. The highest BCUT2D eigenvalue weighted by Gasteiger charge is 2.13. The largest absolute Gasteiger partial charge is 0.348 e. The molecule has 0 fully saturated rings. The summed E-state index contributed by atoms with van der Waals surface area (Å²) in [6.07, 6.45) is 1.63. The van der Waals surface area contributed by atoms with Gasteiger partial charge in [0.15, 0.2) is 0 Å². The highest BCUT2D eigenvalue weighted by Crippen LogP contribution is 2.29. The van der Waals surface area contributed by atoms with E-state index >= 15 is 0 Å². The van der Waals surface area contributed by atoms with E-state index in [9.17, 15) is 10.1 Å². The van der Waals surface area contributed by atoms with Crippen LogP contribution in [0.15, 0.2) is 47.2 Å². The molecule has 1 aromatic carbocycles. The third-order valence-corrected chi connectivity index (χ3v) is 2.76. The highest BCUT2D eigenvalue weighted by atomic mass is 79.9. The standard InChI is InChI=1S/C11H8BrN3O2/c12-11-9(5-3-7-13-11)14-8-4-1-2-6-10(8)15(16)17/h1-7,14H. The molecule has 2 aromatic rings. The van der Waals surface area contributed by atoms with E-state index in [0.717, 1.165) is 0 Å². The summed E-state index contributed by atoms with van der Waals surface area (Å²) in [4.78, 5) is 14.4. The van der Waals surface area contributed by atoms with Crippen molar-refractivity contribution < 1.29 is 4.92 Å². The van der Waals surface area contributed by atoms with E-state index in [1.54, 1.807) is 36.5 Å². The predicted octanol–water partition coefficient (Wildman–Crippen LogP) is 3.50. The van der Waals surface area contributed by atoms with E-state index in [4.69, 9.17) is 0 Å². The Labute approximate surface area is 106 Å². The monoisotopic (exact) mass is 293 g/mol. The number of nitrogens with one attached hydrogen (secondary N) is 1. The summed E-state index contributed by atoms with van der Waals surface area (Å²) in [6, 6.07) is 10.0. The SMILES string of the molecule is O=[N+]([O-])c1ccccc1Nc1cccnc1Br. The third kappa shape index (κ3) is 2.59. The van der Waals surface area contributed by atoms with Gasteiger partial charge in [-0.15, -0.1) is 0 Å². The zero-order valence-electron chi connectivity index (χ0n) is 8.63. The molecule has 0 spiro atoms. The lowest BCUT2D eigenvalue weighted by Gasteiger charge is -2.07. The van der Waals surface area contributed by atoms with Crippen molar-refractivity contribution >= 4 is 33.0 Å². The van der Waals surface area contributed by atoms with Gasteiger partial charge in [-0.05, 0) is 34.1 Å². The number of anilines is 2. The van der Waals surface area contributed by atoms with E-state index in [1.165, 1.54) is 6.07 Å². The zero-order chi connectivity index (χ0) is 12.3. The number of hydrogen-bond donors (Lipinski definition) is 1. The topological polar surface area (TPSA) is 68.1 Å². The van der Waals surface area contributed by atoms with Crippen LogP contribution in [-0.2, 0) is 0 Å². The third-order valence-electron chi connectivity index (χ3n) is 2.13. The van der Waals surface area contributed by atoms with Gasteiger partial charge in [-0.25, -0.2) is 4.98 Å². The fourth-order valence-electron chi connectivity index (χ4n) is 1.36. The first-order valence-electron chi connectivity index (χ1n) is 4.79. The highest BCUT2D eigenvalue weighted by molar-refractivity contribution is 9.10. The van der Waals surface area contributed by atoms with Crippen molar-refractivity contribution in [2.45, 2.75) is 0 Å². The number of rotatable bonds is 3. The summed E-state index contributed by atoms with van der Waals surface area (Å²) in [5.41, 5.74) is 1.15. The van der Waals surface area contributed by atoms with E-state index in [1.807, 2.05) is 0 Å². The molecule has 0 unspecified atom stereocenters. The lowest BCUT2D eigenvalue weighted by atomic mass is 10.2. The number of aromatic nitrogens is 1. The first-order valence-corrected chi connectivity index (χ1v) is 5.59. The number of hydrogen-bond acceptors (Lipinski definition) is 4. The van der Waals surface area contributed by atoms with Crippen LogP contribution in [0.2, 0.25) is 0 Å². The maximum Gasteiger partial charge on any atom is 0.292 e. The van der Waals surface area contributed by atoms with Crippen molar-refractivity contribution in [2.24, 2.45) is 0 Å². The van der Waals surface area contributed by atoms with Crippen LogP contribution in [0.5, 0.6) is 0 Å². The number of halogens is 1. The summed E-state index contributed by atoms with van der Waals surface area (Å²) < 4.78 is 0.609. The lowest BCUT2D eigenvalue weighted by molar-refractivity contribution is -0.383. The van der Waals surface area contributed by atoms with Crippen LogP contribution in [-0.4, -0.2) is 9.91 Å². The molecular weight excluding hydrogens is 286 g/mol. The van der Waals surface area contributed by atoms with E-state index in [2.05, 4.69) is 26.2 Å². The first-order chi connectivity index (χ1) is 8.18. The van der Waals surface area contributed by atoms with Gasteiger partial charge in [-0.3, -0.25) is 10.1 Å². The molecule has 86 valence electrons. The summed E-state index contributed by atoms with van der Waals surface area (Å²) in [6.45, 7) is 0.